The number of aliphatic hydroxyl groups is 1. The molecule has 1 aliphatic carbocycles. The van der Waals surface area contributed by atoms with Crippen molar-refractivity contribution in [2.45, 2.75) is 50.5 Å². The predicted molar refractivity (Wildman–Crippen MR) is 83.6 cm³/mol. The Labute approximate surface area is 127 Å². The monoisotopic (exact) mass is 311 g/mol. The van der Waals surface area contributed by atoms with Crippen LogP contribution >= 0.6 is 0 Å². The first-order chi connectivity index (χ1) is 9.95. The third-order valence-corrected chi connectivity index (χ3v) is 5.92. The van der Waals surface area contributed by atoms with E-state index < -0.39 is 10.0 Å². The number of rotatable bonds is 8. The van der Waals surface area contributed by atoms with Crippen LogP contribution in [0.3, 0.4) is 0 Å². The molecule has 1 saturated carbocycles. The van der Waals surface area contributed by atoms with Crippen LogP contribution in [0.15, 0.2) is 29.2 Å². The molecule has 1 aliphatic rings. The van der Waals surface area contributed by atoms with Crippen LogP contribution in [0.5, 0.6) is 0 Å². The Hall–Kier alpha value is -0.910. The second kappa shape index (κ2) is 6.90. The van der Waals surface area contributed by atoms with Crippen molar-refractivity contribution in [3.63, 3.8) is 0 Å². The second-order valence-corrected chi connectivity index (χ2v) is 7.97. The number of hydrogen-bond donors (Lipinski definition) is 1. The fourth-order valence-electron chi connectivity index (χ4n) is 2.39. The Bertz CT molecular complexity index is 547. The van der Waals surface area contributed by atoms with Crippen molar-refractivity contribution >= 4 is 10.0 Å². The second-order valence-electron chi connectivity index (χ2n) is 6.08. The quantitative estimate of drug-likeness (QED) is 0.802. The lowest BCUT2D eigenvalue weighted by Crippen LogP contribution is -2.38. The van der Waals surface area contributed by atoms with Crippen molar-refractivity contribution < 1.29 is 13.5 Å². The molecule has 0 atom stereocenters. The van der Waals surface area contributed by atoms with Crippen LogP contribution < -0.4 is 0 Å². The minimum Gasteiger partial charge on any atom is -0.396 e. The average Bonchev–Trinajstić information content (AvgIpc) is 3.26. The van der Waals surface area contributed by atoms with Gasteiger partial charge in [0, 0.05) is 19.2 Å². The Morgan fingerprint density at radius 1 is 1.24 bits per heavy atom. The summed E-state index contributed by atoms with van der Waals surface area (Å²) in [5.74, 6) is 0.533. The fraction of sp³-hybridized carbons (Fsp3) is 0.625. The lowest BCUT2D eigenvalue weighted by Gasteiger charge is -2.26. The Morgan fingerprint density at radius 2 is 1.86 bits per heavy atom. The molecule has 0 bridgehead atoms. The molecular formula is C16H25NO3S. The van der Waals surface area contributed by atoms with Gasteiger partial charge in [-0.3, -0.25) is 0 Å². The zero-order chi connectivity index (χ0) is 15.5. The van der Waals surface area contributed by atoms with Gasteiger partial charge in [-0.2, -0.15) is 4.31 Å². The predicted octanol–water partition coefficient (Wildman–Crippen LogP) is 2.42. The van der Waals surface area contributed by atoms with Crippen LogP contribution in [0.4, 0.5) is 0 Å². The molecule has 0 heterocycles. The van der Waals surface area contributed by atoms with Gasteiger partial charge in [0.1, 0.15) is 0 Å². The largest absolute Gasteiger partial charge is 0.396 e. The smallest absolute Gasteiger partial charge is 0.243 e. The van der Waals surface area contributed by atoms with E-state index in [1.54, 1.807) is 16.4 Å². The molecule has 0 amide bonds. The van der Waals surface area contributed by atoms with Gasteiger partial charge in [0.2, 0.25) is 10.0 Å². The molecule has 0 aliphatic heterocycles. The van der Waals surface area contributed by atoms with Gasteiger partial charge in [-0.25, -0.2) is 8.42 Å². The summed E-state index contributed by atoms with van der Waals surface area (Å²) in [6.07, 6.45) is 3.75. The summed E-state index contributed by atoms with van der Waals surface area (Å²) >= 11 is 0. The molecule has 1 N–H and O–H groups in total. The molecule has 5 heteroatoms. The van der Waals surface area contributed by atoms with E-state index in [2.05, 4.69) is 0 Å². The number of hydrogen-bond acceptors (Lipinski definition) is 3. The average molecular weight is 311 g/mol. The van der Waals surface area contributed by atoms with Crippen molar-refractivity contribution in [3.05, 3.63) is 29.8 Å². The summed E-state index contributed by atoms with van der Waals surface area (Å²) in [6, 6.07) is 7.04. The van der Waals surface area contributed by atoms with Crippen LogP contribution in [-0.2, 0) is 16.4 Å². The minimum atomic E-state index is -3.41. The molecule has 0 spiro atoms. The molecule has 4 nitrogen and oxygen atoms in total. The lowest BCUT2D eigenvalue weighted by molar-refractivity contribution is 0.288. The lowest BCUT2D eigenvalue weighted by atomic mass is 10.1. The summed E-state index contributed by atoms with van der Waals surface area (Å²) in [5, 5.41) is 8.83. The summed E-state index contributed by atoms with van der Waals surface area (Å²) in [5.41, 5.74) is 1.06. The maximum Gasteiger partial charge on any atom is 0.243 e. The molecule has 0 aromatic heterocycles. The maximum absolute atomic E-state index is 12.7. The number of aryl methyl sites for hydroxylation is 1. The van der Waals surface area contributed by atoms with Crippen LogP contribution in [0.2, 0.25) is 0 Å². The standard InChI is InChI=1S/C16H25NO3S/c1-13(2)17(12-15-5-6-15)21(19,20)16-9-7-14(8-10-16)4-3-11-18/h7-10,13,15,18H,3-6,11-12H2,1-2H3. The van der Waals surface area contributed by atoms with Crippen LogP contribution in [0.25, 0.3) is 0 Å². The number of nitrogens with zero attached hydrogens (tertiary/aromatic N) is 1. The van der Waals surface area contributed by atoms with E-state index in [1.165, 1.54) is 0 Å². The molecular weight excluding hydrogens is 286 g/mol. The van der Waals surface area contributed by atoms with Gasteiger partial charge in [0.05, 0.1) is 4.90 Å². The van der Waals surface area contributed by atoms with Gasteiger partial charge in [-0.05, 0) is 63.1 Å². The van der Waals surface area contributed by atoms with E-state index in [1.807, 2.05) is 26.0 Å². The van der Waals surface area contributed by atoms with Crippen LogP contribution in [0.1, 0.15) is 38.7 Å². The van der Waals surface area contributed by atoms with E-state index in [0.29, 0.717) is 23.8 Å². The molecule has 21 heavy (non-hydrogen) atoms. The van der Waals surface area contributed by atoms with Crippen molar-refractivity contribution in [1.29, 1.82) is 0 Å². The summed E-state index contributed by atoms with van der Waals surface area (Å²) in [7, 11) is -3.41. The SMILES string of the molecule is CC(C)N(CC1CC1)S(=O)(=O)c1ccc(CCCO)cc1. The van der Waals surface area contributed by atoms with Crippen molar-refractivity contribution in [1.82, 2.24) is 4.31 Å². The zero-order valence-corrected chi connectivity index (χ0v) is 13.6. The highest BCUT2D eigenvalue weighted by atomic mass is 32.2. The number of aliphatic hydroxyl groups excluding tert-OH is 1. The third kappa shape index (κ3) is 4.28. The molecule has 118 valence electrons. The van der Waals surface area contributed by atoms with E-state index in [4.69, 9.17) is 5.11 Å². The van der Waals surface area contributed by atoms with E-state index >= 15 is 0 Å². The maximum atomic E-state index is 12.7. The fourth-order valence-corrected chi connectivity index (χ4v) is 4.10. The van der Waals surface area contributed by atoms with Crippen molar-refractivity contribution in [2.75, 3.05) is 13.2 Å². The number of sulfonamides is 1. The van der Waals surface area contributed by atoms with Gasteiger partial charge in [0.25, 0.3) is 0 Å². The first-order valence-electron chi connectivity index (χ1n) is 7.67. The topological polar surface area (TPSA) is 57.6 Å². The molecule has 0 unspecified atom stereocenters. The highest BCUT2D eigenvalue weighted by Gasteiger charge is 2.33. The van der Waals surface area contributed by atoms with Crippen molar-refractivity contribution in [3.8, 4) is 0 Å². The summed E-state index contributed by atoms with van der Waals surface area (Å²) < 4.78 is 27.1. The van der Waals surface area contributed by atoms with Crippen molar-refractivity contribution in [2.24, 2.45) is 5.92 Å². The molecule has 0 saturated heterocycles. The van der Waals surface area contributed by atoms with E-state index in [-0.39, 0.29) is 12.6 Å². The van der Waals surface area contributed by atoms with Crippen LogP contribution in [0, 0.1) is 5.92 Å². The van der Waals surface area contributed by atoms with E-state index in [0.717, 1.165) is 24.8 Å². The highest BCUT2D eigenvalue weighted by molar-refractivity contribution is 7.89. The molecule has 1 fully saturated rings. The first kappa shape index (κ1) is 16.5. The first-order valence-corrected chi connectivity index (χ1v) is 9.11. The van der Waals surface area contributed by atoms with Gasteiger partial charge >= 0.3 is 0 Å². The van der Waals surface area contributed by atoms with Gasteiger partial charge in [0.15, 0.2) is 0 Å². The summed E-state index contributed by atoms with van der Waals surface area (Å²) in [6.45, 7) is 4.64. The Morgan fingerprint density at radius 3 is 2.33 bits per heavy atom. The third-order valence-electron chi connectivity index (χ3n) is 3.86. The minimum absolute atomic E-state index is 0.0235. The Kier molecular flexibility index (Phi) is 5.41. The molecule has 1 aromatic carbocycles. The zero-order valence-electron chi connectivity index (χ0n) is 12.8. The van der Waals surface area contributed by atoms with E-state index in [9.17, 15) is 8.42 Å². The molecule has 0 radical (unpaired) electrons. The van der Waals surface area contributed by atoms with Gasteiger partial charge < -0.3 is 5.11 Å². The normalized spacial score (nSPS) is 15.9. The molecule has 1 aromatic rings. The summed E-state index contributed by atoms with van der Waals surface area (Å²) in [4.78, 5) is 0.365. The Balaban J connectivity index is 2.16. The van der Waals surface area contributed by atoms with Gasteiger partial charge in [-0.15, -0.1) is 0 Å². The van der Waals surface area contributed by atoms with Crippen LogP contribution in [-0.4, -0.2) is 37.0 Å². The number of benzene rings is 1. The van der Waals surface area contributed by atoms with Gasteiger partial charge in [-0.1, -0.05) is 12.1 Å². The highest BCUT2D eigenvalue weighted by Crippen LogP contribution is 2.32. The molecule has 2 rings (SSSR count).